The molecule has 1 heterocycles. The summed E-state index contributed by atoms with van der Waals surface area (Å²) >= 11 is 0. The van der Waals surface area contributed by atoms with Crippen LogP contribution in [-0.4, -0.2) is 10.6 Å². The van der Waals surface area contributed by atoms with Crippen LogP contribution >= 0.6 is 0 Å². The number of aromatic nitrogens is 1. The van der Waals surface area contributed by atoms with Gasteiger partial charge in [0.25, 0.3) is 0 Å². The first-order valence-electron chi connectivity index (χ1n) is 7.75. The number of nitrogens with two attached hydrogens (primary N) is 1. The molecule has 1 atom stereocenters. The summed E-state index contributed by atoms with van der Waals surface area (Å²) in [5.74, 6) is 1.73. The van der Waals surface area contributed by atoms with Crippen molar-refractivity contribution in [1.82, 2.24) is 4.57 Å². The Bertz CT molecular complexity index is 762. The summed E-state index contributed by atoms with van der Waals surface area (Å²) in [6.45, 7) is 2.12. The van der Waals surface area contributed by atoms with Gasteiger partial charge in [-0.1, -0.05) is 43.3 Å². The number of nitrogens with zero attached hydrogens (tertiary/aromatic N) is 1. The molecule has 2 aromatic carbocycles. The van der Waals surface area contributed by atoms with Crippen LogP contribution < -0.4 is 10.5 Å². The van der Waals surface area contributed by atoms with Crippen LogP contribution in [0.5, 0.6) is 11.6 Å². The van der Waals surface area contributed by atoms with Gasteiger partial charge in [0, 0.05) is 24.0 Å². The maximum atomic E-state index is 6.20. The first-order chi connectivity index (χ1) is 10.7. The highest BCUT2D eigenvalue weighted by Gasteiger charge is 2.18. The summed E-state index contributed by atoms with van der Waals surface area (Å²) in [6.07, 6.45) is 1.77. The molecule has 0 saturated heterocycles. The summed E-state index contributed by atoms with van der Waals surface area (Å²) in [5, 5.41) is 1.22. The maximum Gasteiger partial charge on any atom is 0.204 e. The molecule has 0 fully saturated rings. The predicted molar refractivity (Wildman–Crippen MR) is 91.4 cm³/mol. The zero-order valence-electron chi connectivity index (χ0n) is 13.1. The van der Waals surface area contributed by atoms with E-state index >= 15 is 0 Å². The number of hydrogen-bond acceptors (Lipinski definition) is 2. The van der Waals surface area contributed by atoms with Crippen LogP contribution in [0.3, 0.4) is 0 Å². The van der Waals surface area contributed by atoms with Gasteiger partial charge in [0.1, 0.15) is 5.75 Å². The summed E-state index contributed by atoms with van der Waals surface area (Å²) in [7, 11) is 2.04. The molecule has 3 rings (SSSR count). The van der Waals surface area contributed by atoms with E-state index in [1.54, 1.807) is 0 Å². The van der Waals surface area contributed by atoms with E-state index in [-0.39, 0.29) is 6.04 Å². The zero-order valence-corrected chi connectivity index (χ0v) is 13.1. The Morgan fingerprint density at radius 1 is 1.05 bits per heavy atom. The van der Waals surface area contributed by atoms with Gasteiger partial charge < -0.3 is 15.0 Å². The van der Waals surface area contributed by atoms with E-state index in [0.717, 1.165) is 24.5 Å². The molecule has 1 aromatic heterocycles. The van der Waals surface area contributed by atoms with Crippen molar-refractivity contribution in [3.63, 3.8) is 0 Å². The minimum atomic E-state index is 0.143. The first-order valence-corrected chi connectivity index (χ1v) is 7.75. The van der Waals surface area contributed by atoms with Crippen LogP contribution in [0.2, 0.25) is 0 Å². The Hall–Kier alpha value is -2.26. The molecule has 0 spiro atoms. The van der Waals surface area contributed by atoms with Crippen molar-refractivity contribution in [2.75, 3.05) is 0 Å². The Morgan fingerprint density at radius 2 is 1.73 bits per heavy atom. The lowest BCUT2D eigenvalue weighted by Gasteiger charge is -2.12. The molecule has 0 radical (unpaired) electrons. The molecule has 0 amide bonds. The lowest BCUT2D eigenvalue weighted by molar-refractivity contribution is 0.437. The fourth-order valence-electron chi connectivity index (χ4n) is 2.78. The van der Waals surface area contributed by atoms with E-state index in [4.69, 9.17) is 10.5 Å². The van der Waals surface area contributed by atoms with Crippen LogP contribution in [0.1, 0.15) is 18.9 Å². The number of benzene rings is 2. The molecule has 3 aromatic rings. The predicted octanol–water partition coefficient (Wildman–Crippen LogP) is 4.25. The highest BCUT2D eigenvalue weighted by molar-refractivity contribution is 5.87. The van der Waals surface area contributed by atoms with E-state index in [1.807, 2.05) is 37.4 Å². The zero-order chi connectivity index (χ0) is 15.5. The quantitative estimate of drug-likeness (QED) is 0.764. The van der Waals surface area contributed by atoms with Crippen LogP contribution in [0, 0.1) is 0 Å². The molecule has 3 nitrogen and oxygen atoms in total. The molecule has 1 unspecified atom stereocenters. The van der Waals surface area contributed by atoms with E-state index in [2.05, 4.69) is 35.8 Å². The second kappa shape index (κ2) is 6.24. The molecule has 0 aliphatic rings. The summed E-state index contributed by atoms with van der Waals surface area (Å²) < 4.78 is 8.29. The molecule has 0 saturated carbocycles. The van der Waals surface area contributed by atoms with E-state index in [0.29, 0.717) is 0 Å². The fraction of sp³-hybridized carbons (Fsp3) is 0.263. The minimum Gasteiger partial charge on any atom is -0.441 e. The van der Waals surface area contributed by atoms with Gasteiger partial charge in [0.2, 0.25) is 5.88 Å². The molecule has 2 N–H and O–H groups in total. The smallest absolute Gasteiger partial charge is 0.204 e. The van der Waals surface area contributed by atoms with Crippen molar-refractivity contribution in [2.24, 2.45) is 12.8 Å². The van der Waals surface area contributed by atoms with Crippen LogP contribution in [-0.2, 0) is 13.5 Å². The molecule has 0 bridgehead atoms. The average Bonchev–Trinajstić information content (AvgIpc) is 2.82. The number of ether oxygens (including phenoxy) is 1. The third-order valence-electron chi connectivity index (χ3n) is 4.10. The lowest BCUT2D eigenvalue weighted by atomic mass is 10.0. The standard InChI is InChI=1S/C19H22N2O/c1-3-14(20)13-17-16-11-7-8-12-18(16)21(2)19(17)22-15-9-5-4-6-10-15/h4-12,14H,3,13,20H2,1-2H3. The van der Waals surface area contributed by atoms with Gasteiger partial charge in [0.05, 0.1) is 5.52 Å². The van der Waals surface area contributed by atoms with Crippen molar-refractivity contribution in [2.45, 2.75) is 25.8 Å². The minimum absolute atomic E-state index is 0.143. The highest BCUT2D eigenvalue weighted by atomic mass is 16.5. The molecule has 22 heavy (non-hydrogen) atoms. The molecular formula is C19H22N2O. The van der Waals surface area contributed by atoms with E-state index in [9.17, 15) is 0 Å². The van der Waals surface area contributed by atoms with Crippen LogP contribution in [0.4, 0.5) is 0 Å². The SMILES string of the molecule is CCC(N)Cc1c(Oc2ccccc2)n(C)c2ccccc12. The number of aryl methyl sites for hydroxylation is 1. The number of hydrogen-bond donors (Lipinski definition) is 1. The topological polar surface area (TPSA) is 40.2 Å². The normalized spacial score (nSPS) is 12.5. The van der Waals surface area contributed by atoms with Gasteiger partial charge >= 0.3 is 0 Å². The molecular weight excluding hydrogens is 272 g/mol. The van der Waals surface area contributed by atoms with Crippen molar-refractivity contribution in [3.8, 4) is 11.6 Å². The van der Waals surface area contributed by atoms with Crippen LogP contribution in [0.25, 0.3) is 10.9 Å². The number of rotatable bonds is 5. The Labute approximate surface area is 131 Å². The summed E-state index contributed by atoms with van der Waals surface area (Å²) in [4.78, 5) is 0. The largest absolute Gasteiger partial charge is 0.441 e. The van der Waals surface area contributed by atoms with Crippen molar-refractivity contribution in [1.29, 1.82) is 0 Å². The molecule has 0 aliphatic carbocycles. The van der Waals surface area contributed by atoms with Crippen LogP contribution in [0.15, 0.2) is 54.6 Å². The lowest BCUT2D eigenvalue weighted by Crippen LogP contribution is -2.21. The third-order valence-corrected chi connectivity index (χ3v) is 4.10. The Balaban J connectivity index is 2.10. The second-order valence-electron chi connectivity index (χ2n) is 5.65. The highest BCUT2D eigenvalue weighted by Crippen LogP contribution is 2.35. The van der Waals surface area contributed by atoms with E-state index < -0.39 is 0 Å². The Kier molecular flexibility index (Phi) is 4.16. The van der Waals surface area contributed by atoms with Gasteiger partial charge in [-0.25, -0.2) is 0 Å². The average molecular weight is 294 g/mol. The monoisotopic (exact) mass is 294 g/mol. The van der Waals surface area contributed by atoms with E-state index in [1.165, 1.54) is 16.5 Å². The maximum absolute atomic E-state index is 6.20. The second-order valence-corrected chi connectivity index (χ2v) is 5.65. The van der Waals surface area contributed by atoms with Gasteiger partial charge in [-0.05, 0) is 31.0 Å². The Morgan fingerprint density at radius 3 is 2.45 bits per heavy atom. The molecule has 0 aliphatic heterocycles. The molecule has 114 valence electrons. The third kappa shape index (κ3) is 2.72. The van der Waals surface area contributed by atoms with Crippen molar-refractivity contribution in [3.05, 3.63) is 60.2 Å². The van der Waals surface area contributed by atoms with Crippen molar-refractivity contribution < 1.29 is 4.74 Å². The molecule has 3 heteroatoms. The van der Waals surface area contributed by atoms with Gasteiger partial charge in [0.15, 0.2) is 0 Å². The number of fused-ring (bicyclic) bond motifs is 1. The number of para-hydroxylation sites is 2. The van der Waals surface area contributed by atoms with Gasteiger partial charge in [-0.3, -0.25) is 0 Å². The summed E-state index contributed by atoms with van der Waals surface area (Å²) in [6, 6.07) is 18.4. The van der Waals surface area contributed by atoms with Gasteiger partial charge in [-0.2, -0.15) is 0 Å². The van der Waals surface area contributed by atoms with Crippen molar-refractivity contribution >= 4 is 10.9 Å². The fourth-order valence-corrected chi connectivity index (χ4v) is 2.78. The summed E-state index contributed by atoms with van der Waals surface area (Å²) in [5.41, 5.74) is 8.57. The first kappa shape index (κ1) is 14.7. The van der Waals surface area contributed by atoms with Gasteiger partial charge in [-0.15, -0.1) is 0 Å².